The van der Waals surface area contributed by atoms with E-state index < -0.39 is 10.1 Å². The van der Waals surface area contributed by atoms with Crippen molar-refractivity contribution in [2.45, 2.75) is 65.4 Å². The van der Waals surface area contributed by atoms with Crippen molar-refractivity contribution in [2.24, 2.45) is 10.8 Å². The summed E-state index contributed by atoms with van der Waals surface area (Å²) in [5.41, 5.74) is 2.57. The minimum atomic E-state index is -4.17. The van der Waals surface area contributed by atoms with Gasteiger partial charge in [0.1, 0.15) is 12.4 Å². The lowest BCUT2D eigenvalue weighted by atomic mass is 9.69. The van der Waals surface area contributed by atoms with Gasteiger partial charge < -0.3 is 4.74 Å². The van der Waals surface area contributed by atoms with E-state index in [0.29, 0.717) is 12.5 Å². The maximum atomic E-state index is 11.1. The Labute approximate surface area is 169 Å². The van der Waals surface area contributed by atoms with Crippen LogP contribution in [0.15, 0.2) is 53.4 Å². The minimum absolute atomic E-state index is 0.118. The molecular formula is C23H32O4S. The normalized spacial score (nSPS) is 14.0. The predicted octanol–water partition coefficient (Wildman–Crippen LogP) is 6.08. The molecule has 0 aliphatic rings. The second-order valence-electron chi connectivity index (χ2n) is 9.66. The summed E-state index contributed by atoms with van der Waals surface area (Å²) in [6.45, 7) is 14.0. The van der Waals surface area contributed by atoms with Gasteiger partial charge in [-0.2, -0.15) is 8.42 Å². The van der Waals surface area contributed by atoms with Gasteiger partial charge in [0.15, 0.2) is 0 Å². The molecule has 1 N–H and O–H groups in total. The van der Waals surface area contributed by atoms with Crippen LogP contribution in [0, 0.1) is 10.8 Å². The van der Waals surface area contributed by atoms with Crippen LogP contribution in [-0.4, -0.2) is 13.0 Å². The molecule has 0 bridgehead atoms. The average Bonchev–Trinajstić information content (AvgIpc) is 2.56. The number of hydrogen-bond acceptors (Lipinski definition) is 3. The summed E-state index contributed by atoms with van der Waals surface area (Å²) >= 11 is 0. The molecule has 0 aromatic heterocycles. The standard InChI is InChI=1S/C23H32O4S/c1-22(2,3)15-21(23(4,5)6)18-9-11-19(12-10-18)27-16-17-7-13-20(14-8-17)28(24,25)26/h7-14,21H,15-16H2,1-6H3,(H,24,25,26). The van der Waals surface area contributed by atoms with Gasteiger partial charge in [0.05, 0.1) is 4.90 Å². The van der Waals surface area contributed by atoms with Gasteiger partial charge in [0.25, 0.3) is 10.1 Å². The molecule has 0 heterocycles. The van der Waals surface area contributed by atoms with Gasteiger partial charge in [-0.25, -0.2) is 0 Å². The molecular weight excluding hydrogens is 372 g/mol. The summed E-state index contributed by atoms with van der Waals surface area (Å²) in [5, 5.41) is 0. The molecule has 0 fully saturated rings. The molecule has 0 aliphatic heterocycles. The molecule has 0 saturated carbocycles. The third-order valence-electron chi connectivity index (χ3n) is 4.77. The fourth-order valence-electron chi connectivity index (χ4n) is 3.26. The first-order valence-corrected chi connectivity index (χ1v) is 11.0. The van der Waals surface area contributed by atoms with Crippen molar-refractivity contribution in [3.8, 4) is 5.75 Å². The van der Waals surface area contributed by atoms with Gasteiger partial charge in [0, 0.05) is 0 Å². The maximum Gasteiger partial charge on any atom is 0.294 e. The Hall–Kier alpha value is -1.85. The van der Waals surface area contributed by atoms with Gasteiger partial charge in [-0.05, 0) is 58.6 Å². The van der Waals surface area contributed by atoms with E-state index in [-0.39, 0.29) is 15.7 Å². The third-order valence-corrected chi connectivity index (χ3v) is 5.64. The van der Waals surface area contributed by atoms with E-state index in [1.54, 1.807) is 12.1 Å². The third kappa shape index (κ3) is 6.64. The van der Waals surface area contributed by atoms with Gasteiger partial charge in [0.2, 0.25) is 0 Å². The van der Waals surface area contributed by atoms with E-state index >= 15 is 0 Å². The summed E-state index contributed by atoms with van der Waals surface area (Å²) in [6, 6.07) is 14.3. The maximum absolute atomic E-state index is 11.1. The lowest BCUT2D eigenvalue weighted by molar-refractivity contribution is 0.229. The smallest absolute Gasteiger partial charge is 0.294 e. The van der Waals surface area contributed by atoms with Crippen molar-refractivity contribution in [2.75, 3.05) is 0 Å². The van der Waals surface area contributed by atoms with Crippen LogP contribution in [0.2, 0.25) is 0 Å². The zero-order valence-electron chi connectivity index (χ0n) is 17.7. The molecule has 4 nitrogen and oxygen atoms in total. The van der Waals surface area contributed by atoms with Crippen molar-refractivity contribution in [3.63, 3.8) is 0 Å². The Bertz CT molecular complexity index is 868. The minimum Gasteiger partial charge on any atom is -0.489 e. The fourth-order valence-corrected chi connectivity index (χ4v) is 3.74. The van der Waals surface area contributed by atoms with Crippen LogP contribution < -0.4 is 4.74 Å². The van der Waals surface area contributed by atoms with E-state index in [2.05, 4.69) is 53.7 Å². The van der Waals surface area contributed by atoms with E-state index in [4.69, 9.17) is 9.29 Å². The lowest BCUT2D eigenvalue weighted by Crippen LogP contribution is -2.23. The molecule has 1 unspecified atom stereocenters. The Morgan fingerprint density at radius 1 is 0.893 bits per heavy atom. The molecule has 154 valence electrons. The molecule has 2 rings (SSSR count). The van der Waals surface area contributed by atoms with Crippen LogP contribution in [0.3, 0.4) is 0 Å². The van der Waals surface area contributed by atoms with Gasteiger partial charge in [-0.1, -0.05) is 65.8 Å². The van der Waals surface area contributed by atoms with Crippen molar-refractivity contribution in [3.05, 3.63) is 59.7 Å². The second-order valence-corrected chi connectivity index (χ2v) is 11.1. The highest BCUT2D eigenvalue weighted by Crippen LogP contribution is 2.43. The molecule has 0 aliphatic carbocycles. The number of ether oxygens (including phenoxy) is 1. The topological polar surface area (TPSA) is 63.6 Å². The average molecular weight is 405 g/mol. The van der Waals surface area contributed by atoms with Crippen LogP contribution in [0.4, 0.5) is 0 Å². The predicted molar refractivity (Wildman–Crippen MR) is 113 cm³/mol. The lowest BCUT2D eigenvalue weighted by Gasteiger charge is -2.36. The van der Waals surface area contributed by atoms with Gasteiger partial charge >= 0.3 is 0 Å². The van der Waals surface area contributed by atoms with E-state index in [9.17, 15) is 8.42 Å². The van der Waals surface area contributed by atoms with Crippen LogP contribution >= 0.6 is 0 Å². The molecule has 0 amide bonds. The van der Waals surface area contributed by atoms with E-state index in [1.165, 1.54) is 17.7 Å². The molecule has 5 heteroatoms. The van der Waals surface area contributed by atoms with Crippen LogP contribution in [-0.2, 0) is 16.7 Å². The summed E-state index contributed by atoms with van der Waals surface area (Å²) in [7, 11) is -4.17. The zero-order valence-corrected chi connectivity index (χ0v) is 18.5. The molecule has 28 heavy (non-hydrogen) atoms. The Kier molecular flexibility index (Phi) is 6.62. The molecule has 2 aromatic carbocycles. The zero-order chi connectivity index (χ0) is 21.2. The number of hydrogen-bond donors (Lipinski definition) is 1. The van der Waals surface area contributed by atoms with Crippen LogP contribution in [0.1, 0.15) is 65.0 Å². The summed E-state index contributed by atoms with van der Waals surface area (Å²) in [6.07, 6.45) is 1.11. The Morgan fingerprint density at radius 2 is 1.43 bits per heavy atom. The summed E-state index contributed by atoms with van der Waals surface area (Å²) in [4.78, 5) is -0.118. The van der Waals surface area contributed by atoms with E-state index in [0.717, 1.165) is 17.7 Å². The van der Waals surface area contributed by atoms with Crippen LogP contribution in [0.25, 0.3) is 0 Å². The molecule has 0 spiro atoms. The number of benzene rings is 2. The molecule has 1 atom stereocenters. The molecule has 0 radical (unpaired) electrons. The highest BCUT2D eigenvalue weighted by atomic mass is 32.2. The number of rotatable bonds is 6. The summed E-state index contributed by atoms with van der Waals surface area (Å²) in [5.74, 6) is 1.22. The quantitative estimate of drug-likeness (QED) is 0.593. The van der Waals surface area contributed by atoms with Gasteiger partial charge in [-0.3, -0.25) is 4.55 Å². The Balaban J connectivity index is 2.07. The van der Waals surface area contributed by atoms with E-state index in [1.807, 2.05) is 12.1 Å². The first-order valence-electron chi connectivity index (χ1n) is 9.55. The second kappa shape index (κ2) is 8.26. The fraction of sp³-hybridized carbons (Fsp3) is 0.478. The highest BCUT2D eigenvalue weighted by Gasteiger charge is 2.30. The van der Waals surface area contributed by atoms with Crippen LogP contribution in [0.5, 0.6) is 5.75 Å². The summed E-state index contributed by atoms with van der Waals surface area (Å²) < 4.78 is 37.0. The largest absolute Gasteiger partial charge is 0.489 e. The van der Waals surface area contributed by atoms with Crippen molar-refractivity contribution in [1.82, 2.24) is 0 Å². The van der Waals surface area contributed by atoms with Crippen molar-refractivity contribution < 1.29 is 17.7 Å². The van der Waals surface area contributed by atoms with Crippen molar-refractivity contribution >= 4 is 10.1 Å². The molecule has 2 aromatic rings. The first-order chi connectivity index (χ1) is 12.8. The Morgan fingerprint density at radius 3 is 1.86 bits per heavy atom. The van der Waals surface area contributed by atoms with Gasteiger partial charge in [-0.15, -0.1) is 0 Å². The molecule has 0 saturated heterocycles. The highest BCUT2D eigenvalue weighted by molar-refractivity contribution is 7.85. The SMILES string of the molecule is CC(C)(C)CC(c1ccc(OCc2ccc(S(=O)(=O)O)cc2)cc1)C(C)(C)C. The first kappa shape index (κ1) is 22.4. The van der Waals surface area contributed by atoms with Crippen molar-refractivity contribution in [1.29, 1.82) is 0 Å². The monoisotopic (exact) mass is 404 g/mol.